The van der Waals surface area contributed by atoms with E-state index in [1.54, 1.807) is 0 Å². The van der Waals surface area contributed by atoms with Gasteiger partial charge in [-0.15, -0.1) is 0 Å². The highest BCUT2D eigenvalue weighted by Crippen LogP contribution is 2.17. The van der Waals surface area contributed by atoms with Gasteiger partial charge in [0.05, 0.1) is 6.54 Å². The normalized spacial score (nSPS) is 23.9. The van der Waals surface area contributed by atoms with Crippen molar-refractivity contribution in [3.8, 4) is 0 Å². The van der Waals surface area contributed by atoms with Crippen LogP contribution in [-0.2, 0) is 6.54 Å². The van der Waals surface area contributed by atoms with Crippen LogP contribution in [0.1, 0.15) is 19.3 Å². The minimum Gasteiger partial charge on any atom is -0.301 e. The van der Waals surface area contributed by atoms with Crippen LogP contribution in [0.4, 0.5) is 0 Å². The van der Waals surface area contributed by atoms with Crippen molar-refractivity contribution in [1.82, 2.24) is 14.7 Å². The van der Waals surface area contributed by atoms with Crippen molar-refractivity contribution < 1.29 is 0 Å². The summed E-state index contributed by atoms with van der Waals surface area (Å²) in [4.78, 5) is 3.27. The van der Waals surface area contributed by atoms with Crippen molar-refractivity contribution in [3.63, 3.8) is 0 Å². The zero-order chi connectivity index (χ0) is 10.5. The van der Waals surface area contributed by atoms with E-state index in [4.69, 9.17) is 0 Å². The fraction of sp³-hybridized carbons (Fsp3) is 0.727. The first-order valence-electron chi connectivity index (χ1n) is 5.68. The van der Waals surface area contributed by atoms with Gasteiger partial charge in [0.2, 0.25) is 0 Å². The van der Waals surface area contributed by atoms with Crippen molar-refractivity contribution in [3.05, 3.63) is 18.5 Å². The van der Waals surface area contributed by atoms with Crippen LogP contribution >= 0.6 is 15.9 Å². The average molecular weight is 272 g/mol. The summed E-state index contributed by atoms with van der Waals surface area (Å²) < 4.78 is 2.01. The first-order valence-corrected chi connectivity index (χ1v) is 6.60. The fourth-order valence-electron chi connectivity index (χ4n) is 2.02. The monoisotopic (exact) mass is 271 g/mol. The average Bonchev–Trinajstić information content (AvgIpc) is 2.66. The van der Waals surface area contributed by atoms with Crippen LogP contribution in [0.15, 0.2) is 18.5 Å². The summed E-state index contributed by atoms with van der Waals surface area (Å²) in [6, 6.07) is 1.98. The van der Waals surface area contributed by atoms with Gasteiger partial charge < -0.3 is 4.90 Å². The number of nitrogens with zero attached hydrogens (tertiary/aromatic N) is 3. The summed E-state index contributed by atoms with van der Waals surface area (Å²) in [5.41, 5.74) is 0. The maximum absolute atomic E-state index is 4.22. The van der Waals surface area contributed by atoms with Crippen molar-refractivity contribution in [2.45, 2.75) is 30.6 Å². The van der Waals surface area contributed by atoms with Gasteiger partial charge in [-0.1, -0.05) is 15.9 Å². The summed E-state index contributed by atoms with van der Waals surface area (Å²) in [6.07, 6.45) is 7.79. The van der Waals surface area contributed by atoms with Gasteiger partial charge in [0, 0.05) is 23.8 Å². The summed E-state index contributed by atoms with van der Waals surface area (Å²) in [5, 5.41) is 4.22. The zero-order valence-corrected chi connectivity index (χ0v) is 10.6. The van der Waals surface area contributed by atoms with E-state index >= 15 is 0 Å². The van der Waals surface area contributed by atoms with Gasteiger partial charge in [0.15, 0.2) is 0 Å². The predicted molar refractivity (Wildman–Crippen MR) is 65.2 cm³/mol. The van der Waals surface area contributed by atoms with E-state index in [0.717, 1.165) is 17.9 Å². The van der Waals surface area contributed by atoms with Crippen LogP contribution < -0.4 is 0 Å². The van der Waals surface area contributed by atoms with E-state index < -0.39 is 0 Å². The third-order valence-electron chi connectivity index (χ3n) is 2.95. The molecule has 0 amide bonds. The molecule has 1 unspecified atom stereocenters. The molecule has 1 aliphatic heterocycles. The number of hydrogen-bond acceptors (Lipinski definition) is 2. The second kappa shape index (κ2) is 5.66. The molecule has 2 rings (SSSR count). The highest BCUT2D eigenvalue weighted by atomic mass is 79.9. The van der Waals surface area contributed by atoms with Crippen LogP contribution in [0, 0.1) is 0 Å². The molecule has 1 aromatic heterocycles. The quantitative estimate of drug-likeness (QED) is 0.786. The predicted octanol–water partition coefficient (Wildman–Crippen LogP) is 2.13. The van der Waals surface area contributed by atoms with Gasteiger partial charge in [-0.05, 0) is 38.4 Å². The van der Waals surface area contributed by atoms with Crippen LogP contribution in [0.2, 0.25) is 0 Å². The summed E-state index contributed by atoms with van der Waals surface area (Å²) in [5.74, 6) is 0. The largest absolute Gasteiger partial charge is 0.301 e. The topological polar surface area (TPSA) is 21.1 Å². The molecule has 1 aliphatic rings. The van der Waals surface area contributed by atoms with Gasteiger partial charge >= 0.3 is 0 Å². The number of rotatable bonds is 3. The molecule has 0 N–H and O–H groups in total. The molecule has 0 radical (unpaired) electrons. The Morgan fingerprint density at radius 3 is 3.00 bits per heavy atom. The number of halogens is 1. The molecule has 0 saturated carbocycles. The molecule has 0 aromatic carbocycles. The van der Waals surface area contributed by atoms with Crippen molar-refractivity contribution in [2.75, 3.05) is 19.6 Å². The highest BCUT2D eigenvalue weighted by Gasteiger charge is 2.14. The van der Waals surface area contributed by atoms with Crippen molar-refractivity contribution >= 4 is 15.9 Å². The number of likely N-dealkylation sites (tertiary alicyclic amines) is 1. The zero-order valence-electron chi connectivity index (χ0n) is 8.98. The lowest BCUT2D eigenvalue weighted by molar-refractivity contribution is 0.269. The molecule has 1 saturated heterocycles. The van der Waals surface area contributed by atoms with Crippen LogP contribution in [-0.4, -0.2) is 39.1 Å². The maximum atomic E-state index is 4.22. The molecular formula is C11H18BrN3. The lowest BCUT2D eigenvalue weighted by Gasteiger charge is -2.19. The van der Waals surface area contributed by atoms with Gasteiger partial charge in [0.1, 0.15) is 0 Å². The summed E-state index contributed by atoms with van der Waals surface area (Å²) >= 11 is 3.71. The molecule has 15 heavy (non-hydrogen) atoms. The van der Waals surface area contributed by atoms with E-state index in [0.29, 0.717) is 0 Å². The number of hydrogen-bond donors (Lipinski definition) is 0. The second-order valence-electron chi connectivity index (χ2n) is 4.14. The molecular weight excluding hydrogens is 254 g/mol. The van der Waals surface area contributed by atoms with Gasteiger partial charge in [-0.25, -0.2) is 0 Å². The van der Waals surface area contributed by atoms with Crippen molar-refractivity contribution in [2.24, 2.45) is 0 Å². The molecule has 2 heterocycles. The van der Waals surface area contributed by atoms with Crippen LogP contribution in [0.25, 0.3) is 0 Å². The molecule has 0 bridgehead atoms. The van der Waals surface area contributed by atoms with E-state index in [1.807, 2.05) is 23.1 Å². The van der Waals surface area contributed by atoms with E-state index in [2.05, 4.69) is 25.9 Å². The molecule has 3 nitrogen and oxygen atoms in total. The Hall–Kier alpha value is -0.350. The Kier molecular flexibility index (Phi) is 4.20. The Balaban J connectivity index is 1.74. The Morgan fingerprint density at radius 2 is 2.20 bits per heavy atom. The Labute approximate surface area is 99.6 Å². The van der Waals surface area contributed by atoms with E-state index in [1.165, 1.54) is 32.4 Å². The van der Waals surface area contributed by atoms with Crippen molar-refractivity contribution in [1.29, 1.82) is 0 Å². The Bertz CT molecular complexity index is 273. The van der Waals surface area contributed by atoms with E-state index in [-0.39, 0.29) is 0 Å². The molecule has 0 aliphatic carbocycles. The maximum Gasteiger partial charge on any atom is 0.0536 e. The molecule has 0 spiro atoms. The summed E-state index contributed by atoms with van der Waals surface area (Å²) in [6.45, 7) is 4.60. The minimum absolute atomic E-state index is 0.729. The molecule has 1 fully saturated rings. The smallest absolute Gasteiger partial charge is 0.0536 e. The lowest BCUT2D eigenvalue weighted by atomic mass is 10.2. The Morgan fingerprint density at radius 1 is 1.27 bits per heavy atom. The van der Waals surface area contributed by atoms with Crippen LogP contribution in [0.3, 0.4) is 0 Å². The molecule has 84 valence electrons. The van der Waals surface area contributed by atoms with E-state index in [9.17, 15) is 0 Å². The molecule has 4 heteroatoms. The third kappa shape index (κ3) is 3.61. The van der Waals surface area contributed by atoms with Crippen LogP contribution in [0.5, 0.6) is 0 Å². The second-order valence-corrected chi connectivity index (χ2v) is 5.43. The van der Waals surface area contributed by atoms with Gasteiger partial charge in [-0.3, -0.25) is 4.68 Å². The molecule has 1 atom stereocenters. The third-order valence-corrected chi connectivity index (χ3v) is 3.87. The first-order chi connectivity index (χ1) is 7.34. The highest BCUT2D eigenvalue weighted by molar-refractivity contribution is 9.09. The summed E-state index contributed by atoms with van der Waals surface area (Å²) in [7, 11) is 0. The van der Waals surface area contributed by atoms with Gasteiger partial charge in [-0.2, -0.15) is 5.10 Å². The molecule has 1 aromatic rings. The minimum atomic E-state index is 0.729. The number of alkyl halides is 1. The lowest BCUT2D eigenvalue weighted by Crippen LogP contribution is -2.28. The fourth-order valence-corrected chi connectivity index (χ4v) is 2.54. The number of aromatic nitrogens is 2. The first kappa shape index (κ1) is 11.1. The standard InChI is InChI=1S/C11H18BrN3/c12-11-3-1-6-14(8-4-11)9-10-15-7-2-5-13-15/h2,5,7,11H,1,3-4,6,8-10H2. The van der Waals surface area contributed by atoms with Gasteiger partial charge in [0.25, 0.3) is 0 Å². The SMILES string of the molecule is BrC1CCCN(CCn2cccn2)CC1.